The zero-order valence-corrected chi connectivity index (χ0v) is 20.8. The highest BCUT2D eigenvalue weighted by molar-refractivity contribution is 6.04. The molecule has 0 aliphatic carbocycles. The number of pyridine rings is 1. The third kappa shape index (κ3) is 4.91. The fourth-order valence-electron chi connectivity index (χ4n) is 4.76. The number of carbonyl (C=O) groups excluding carboxylic acids is 2. The molecule has 1 aliphatic heterocycles. The van der Waals surface area contributed by atoms with Gasteiger partial charge in [-0.3, -0.25) is 14.0 Å². The minimum atomic E-state index is -0.491. The number of amides is 2. The highest BCUT2D eigenvalue weighted by atomic mass is 19.1. The van der Waals surface area contributed by atoms with Crippen LogP contribution < -0.4 is 11.1 Å². The van der Waals surface area contributed by atoms with Crippen LogP contribution in [0.25, 0.3) is 16.8 Å². The van der Waals surface area contributed by atoms with Crippen LogP contribution in [0.3, 0.4) is 0 Å². The fourth-order valence-corrected chi connectivity index (χ4v) is 4.76. The number of anilines is 2. The van der Waals surface area contributed by atoms with Gasteiger partial charge in [-0.2, -0.15) is 0 Å². The van der Waals surface area contributed by atoms with Crippen molar-refractivity contribution in [1.82, 2.24) is 24.3 Å². The molecule has 1 aromatic carbocycles. The maximum Gasteiger partial charge on any atom is 0.299 e. The molecule has 3 aromatic heterocycles. The van der Waals surface area contributed by atoms with Gasteiger partial charge >= 0.3 is 0 Å². The van der Waals surface area contributed by atoms with Crippen LogP contribution in [0, 0.1) is 17.7 Å². The number of fused-ring (bicyclic) bond motifs is 1. The molecule has 4 heterocycles. The SMILES string of the molecule is CC#CC(=O)N1CCCCC[C@H]1c1nc(-c2ccc(C(=O)Nc3cc(F)ccn3)cc2)c2c(N)nccn12. The quantitative estimate of drug-likeness (QED) is 0.396. The molecule has 0 bridgehead atoms. The summed E-state index contributed by atoms with van der Waals surface area (Å²) in [5.74, 6) is 5.38. The molecule has 1 aliphatic rings. The average Bonchev–Trinajstić information content (AvgIpc) is 3.13. The Morgan fingerprint density at radius 2 is 1.92 bits per heavy atom. The highest BCUT2D eigenvalue weighted by Crippen LogP contribution is 2.35. The van der Waals surface area contributed by atoms with Gasteiger partial charge in [-0.25, -0.2) is 19.3 Å². The second kappa shape index (κ2) is 10.7. The van der Waals surface area contributed by atoms with Gasteiger partial charge in [0.2, 0.25) is 0 Å². The largest absolute Gasteiger partial charge is 0.382 e. The number of hydrogen-bond acceptors (Lipinski definition) is 6. The minimum absolute atomic E-state index is 0.123. The average molecular weight is 512 g/mol. The Morgan fingerprint density at radius 3 is 2.68 bits per heavy atom. The molecule has 3 N–H and O–H groups in total. The summed E-state index contributed by atoms with van der Waals surface area (Å²) in [6, 6.07) is 8.93. The fraction of sp³-hybridized carbons (Fsp3) is 0.250. The lowest BCUT2D eigenvalue weighted by Crippen LogP contribution is -2.34. The third-order valence-electron chi connectivity index (χ3n) is 6.54. The Bertz CT molecular complexity index is 1570. The number of nitrogens with two attached hydrogens (primary N) is 1. The van der Waals surface area contributed by atoms with Crippen molar-refractivity contribution in [3.05, 3.63) is 72.2 Å². The van der Waals surface area contributed by atoms with E-state index in [1.165, 1.54) is 12.3 Å². The van der Waals surface area contributed by atoms with Crippen molar-refractivity contribution in [2.24, 2.45) is 0 Å². The first-order valence-corrected chi connectivity index (χ1v) is 12.4. The smallest absolute Gasteiger partial charge is 0.299 e. The first-order valence-electron chi connectivity index (χ1n) is 12.4. The van der Waals surface area contributed by atoms with Crippen LogP contribution in [0.4, 0.5) is 16.0 Å². The molecular formula is C28H26FN7O2. The number of likely N-dealkylation sites (tertiary alicyclic amines) is 1. The maximum absolute atomic E-state index is 13.4. The lowest BCUT2D eigenvalue weighted by molar-refractivity contribution is -0.127. The van der Waals surface area contributed by atoms with Crippen molar-refractivity contribution < 1.29 is 14.0 Å². The van der Waals surface area contributed by atoms with Crippen LogP contribution in [-0.4, -0.2) is 42.6 Å². The van der Waals surface area contributed by atoms with Gasteiger partial charge in [-0.15, -0.1) is 0 Å². The normalized spacial score (nSPS) is 15.4. The molecule has 10 heteroatoms. The van der Waals surface area contributed by atoms with Crippen molar-refractivity contribution in [2.75, 3.05) is 17.6 Å². The minimum Gasteiger partial charge on any atom is -0.382 e. The van der Waals surface area contributed by atoms with E-state index >= 15 is 0 Å². The van der Waals surface area contributed by atoms with Crippen LogP contribution in [-0.2, 0) is 4.79 Å². The third-order valence-corrected chi connectivity index (χ3v) is 6.54. The zero-order chi connectivity index (χ0) is 26.6. The van der Waals surface area contributed by atoms with Crippen molar-refractivity contribution in [3.63, 3.8) is 0 Å². The summed E-state index contributed by atoms with van der Waals surface area (Å²) in [4.78, 5) is 40.5. The van der Waals surface area contributed by atoms with E-state index in [4.69, 9.17) is 10.7 Å². The molecule has 0 spiro atoms. The monoisotopic (exact) mass is 511 g/mol. The van der Waals surface area contributed by atoms with Crippen molar-refractivity contribution in [2.45, 2.75) is 38.6 Å². The number of benzene rings is 1. The van der Waals surface area contributed by atoms with E-state index in [2.05, 4.69) is 27.1 Å². The van der Waals surface area contributed by atoms with Gasteiger partial charge in [0.25, 0.3) is 11.8 Å². The Balaban J connectivity index is 1.52. The first kappa shape index (κ1) is 24.9. The Morgan fingerprint density at radius 1 is 1.11 bits per heavy atom. The number of aromatic nitrogens is 4. The zero-order valence-electron chi connectivity index (χ0n) is 20.8. The lowest BCUT2D eigenvalue weighted by Gasteiger charge is -2.27. The molecule has 4 aromatic rings. The summed E-state index contributed by atoms with van der Waals surface area (Å²) < 4.78 is 15.3. The summed E-state index contributed by atoms with van der Waals surface area (Å²) >= 11 is 0. The summed E-state index contributed by atoms with van der Waals surface area (Å²) in [7, 11) is 0. The Hall–Kier alpha value is -4.78. The van der Waals surface area contributed by atoms with Gasteiger partial charge < -0.3 is 16.0 Å². The molecule has 0 unspecified atom stereocenters. The Labute approximate surface area is 218 Å². The summed E-state index contributed by atoms with van der Waals surface area (Å²) in [6.45, 7) is 2.26. The molecule has 0 saturated carbocycles. The number of hydrogen-bond donors (Lipinski definition) is 2. The van der Waals surface area contributed by atoms with E-state index in [-0.39, 0.29) is 17.8 Å². The van der Waals surface area contributed by atoms with Gasteiger partial charge in [0, 0.05) is 42.3 Å². The van der Waals surface area contributed by atoms with Gasteiger partial charge in [0.05, 0.1) is 6.04 Å². The van der Waals surface area contributed by atoms with Crippen molar-refractivity contribution in [1.29, 1.82) is 0 Å². The van der Waals surface area contributed by atoms with Crippen LogP contribution in [0.2, 0.25) is 0 Å². The van der Waals surface area contributed by atoms with Crippen molar-refractivity contribution in [3.8, 4) is 23.1 Å². The number of imidazole rings is 1. The summed E-state index contributed by atoms with van der Waals surface area (Å²) in [5.41, 5.74) is 8.64. The number of nitrogens with one attached hydrogen (secondary N) is 1. The van der Waals surface area contributed by atoms with E-state index in [1.54, 1.807) is 48.5 Å². The van der Waals surface area contributed by atoms with E-state index < -0.39 is 11.7 Å². The predicted octanol–water partition coefficient (Wildman–Crippen LogP) is 4.23. The Kier molecular flexibility index (Phi) is 7.00. The molecule has 1 atom stereocenters. The number of nitrogen functional groups attached to an aromatic ring is 1. The van der Waals surface area contributed by atoms with E-state index in [1.807, 2.05) is 4.40 Å². The predicted molar refractivity (Wildman–Crippen MR) is 141 cm³/mol. The molecule has 1 saturated heterocycles. The topological polar surface area (TPSA) is 119 Å². The molecular weight excluding hydrogens is 485 g/mol. The van der Waals surface area contributed by atoms with Crippen LogP contribution in [0.1, 0.15) is 54.8 Å². The van der Waals surface area contributed by atoms with E-state index in [0.717, 1.165) is 37.3 Å². The molecule has 38 heavy (non-hydrogen) atoms. The standard InChI is InChI=1S/C28H26FN7O2/c1-2-6-23(37)35-15-5-3-4-7-21(35)27-34-24(25-26(30)32-14-16-36(25)27)18-8-10-19(11-9-18)28(38)33-22-17-20(29)12-13-31-22/h8-14,16-17,21H,3-5,7,15H2,1H3,(H2,30,32)(H,31,33,38)/t21-/m0/s1. The number of nitrogens with zero attached hydrogens (tertiary/aromatic N) is 5. The number of carbonyl (C=O) groups is 2. The van der Waals surface area contributed by atoms with Crippen LogP contribution >= 0.6 is 0 Å². The maximum atomic E-state index is 13.4. The van der Waals surface area contributed by atoms with Gasteiger partial charge in [-0.05, 0) is 43.9 Å². The second-order valence-corrected chi connectivity index (χ2v) is 8.98. The first-order chi connectivity index (χ1) is 18.5. The molecule has 5 rings (SSSR count). The lowest BCUT2D eigenvalue weighted by atomic mass is 10.1. The highest BCUT2D eigenvalue weighted by Gasteiger charge is 2.31. The molecule has 1 fully saturated rings. The molecule has 0 radical (unpaired) electrons. The molecule has 9 nitrogen and oxygen atoms in total. The van der Waals surface area contributed by atoms with Gasteiger partial charge in [0.1, 0.15) is 34.5 Å². The van der Waals surface area contributed by atoms with E-state index in [9.17, 15) is 14.0 Å². The van der Waals surface area contributed by atoms with E-state index in [0.29, 0.717) is 35.0 Å². The van der Waals surface area contributed by atoms with Gasteiger partial charge in [0.15, 0.2) is 0 Å². The molecule has 192 valence electrons. The van der Waals surface area contributed by atoms with Gasteiger partial charge in [-0.1, -0.05) is 30.9 Å². The van der Waals surface area contributed by atoms with Crippen LogP contribution in [0.15, 0.2) is 55.0 Å². The number of rotatable bonds is 4. The molecule has 2 amide bonds. The number of halogens is 1. The van der Waals surface area contributed by atoms with Crippen molar-refractivity contribution >= 4 is 29.0 Å². The second-order valence-electron chi connectivity index (χ2n) is 8.98. The summed E-state index contributed by atoms with van der Waals surface area (Å²) in [5, 5.41) is 2.59. The summed E-state index contributed by atoms with van der Waals surface area (Å²) in [6.07, 6.45) is 8.33. The van der Waals surface area contributed by atoms with Crippen LogP contribution in [0.5, 0.6) is 0 Å².